The Hall–Kier alpha value is -1.46. The number of hydrogen-bond donors (Lipinski definition) is 1. The van der Waals surface area contributed by atoms with Crippen molar-refractivity contribution in [3.05, 3.63) is 57.5 Å². The van der Waals surface area contributed by atoms with Crippen LogP contribution < -0.4 is 10.2 Å². The van der Waals surface area contributed by atoms with E-state index in [1.807, 2.05) is 24.3 Å². The maximum absolute atomic E-state index is 12.2. The first-order valence-corrected chi connectivity index (χ1v) is 9.63. The van der Waals surface area contributed by atoms with E-state index in [2.05, 4.69) is 15.1 Å². The molecule has 0 aromatic heterocycles. The van der Waals surface area contributed by atoms with Crippen LogP contribution >= 0.6 is 34.8 Å². The predicted octanol–water partition coefficient (Wildman–Crippen LogP) is 4.80. The van der Waals surface area contributed by atoms with Crippen LogP contribution in [-0.4, -0.2) is 43.5 Å². The van der Waals surface area contributed by atoms with Crippen LogP contribution in [-0.2, 0) is 4.79 Å². The smallest absolute Gasteiger partial charge is 0.225 e. The van der Waals surface area contributed by atoms with Gasteiger partial charge in [-0.05, 0) is 30.3 Å². The Bertz CT molecular complexity index is 776. The Kier molecular flexibility index (Phi) is 6.65. The van der Waals surface area contributed by atoms with Gasteiger partial charge in [-0.25, -0.2) is 0 Å². The fraction of sp³-hybridized carbons (Fsp3) is 0.316. The van der Waals surface area contributed by atoms with Gasteiger partial charge in [0, 0.05) is 44.2 Å². The molecule has 0 atom stereocenters. The summed E-state index contributed by atoms with van der Waals surface area (Å²) in [6, 6.07) is 12.9. The van der Waals surface area contributed by atoms with Gasteiger partial charge < -0.3 is 10.2 Å². The number of hydrogen-bond acceptors (Lipinski definition) is 3. The summed E-state index contributed by atoms with van der Waals surface area (Å²) in [7, 11) is 0. The first-order valence-electron chi connectivity index (χ1n) is 8.49. The fourth-order valence-corrected chi connectivity index (χ4v) is 3.58. The van der Waals surface area contributed by atoms with Gasteiger partial charge in [0.15, 0.2) is 0 Å². The summed E-state index contributed by atoms with van der Waals surface area (Å²) < 4.78 is 0. The van der Waals surface area contributed by atoms with Crippen molar-refractivity contribution < 1.29 is 4.79 Å². The SMILES string of the molecule is O=C(CCN1CCN(c2ccccc2Cl)CC1)Nc1cc(Cl)ccc1Cl. The molecule has 1 aliphatic heterocycles. The summed E-state index contributed by atoms with van der Waals surface area (Å²) in [5.41, 5.74) is 1.62. The first kappa shape index (κ1) is 19.3. The van der Waals surface area contributed by atoms with E-state index in [-0.39, 0.29) is 5.91 Å². The molecule has 0 radical (unpaired) electrons. The highest BCUT2D eigenvalue weighted by Crippen LogP contribution is 2.27. The van der Waals surface area contributed by atoms with Gasteiger partial charge in [0.2, 0.25) is 5.91 Å². The predicted molar refractivity (Wildman–Crippen MR) is 110 cm³/mol. The number of anilines is 2. The molecular formula is C19H20Cl3N3O. The van der Waals surface area contributed by atoms with E-state index in [1.54, 1.807) is 18.2 Å². The molecule has 1 fully saturated rings. The summed E-state index contributed by atoms with van der Waals surface area (Å²) in [6.45, 7) is 4.30. The average molecular weight is 413 g/mol. The average Bonchev–Trinajstić information content (AvgIpc) is 2.64. The van der Waals surface area contributed by atoms with E-state index in [0.717, 1.165) is 36.9 Å². The second-order valence-corrected chi connectivity index (χ2v) is 7.45. The van der Waals surface area contributed by atoms with Crippen LogP contribution in [0.25, 0.3) is 0 Å². The van der Waals surface area contributed by atoms with Crippen LogP contribution in [0.1, 0.15) is 6.42 Å². The zero-order valence-corrected chi connectivity index (χ0v) is 16.5. The molecule has 0 unspecified atom stereocenters. The largest absolute Gasteiger partial charge is 0.368 e. The van der Waals surface area contributed by atoms with Crippen molar-refractivity contribution in [1.29, 1.82) is 0 Å². The second-order valence-electron chi connectivity index (χ2n) is 6.20. The number of halogens is 3. The highest BCUT2D eigenvalue weighted by molar-refractivity contribution is 6.35. The molecule has 138 valence electrons. The number of rotatable bonds is 5. The number of carbonyl (C=O) groups excluding carboxylic acids is 1. The summed E-state index contributed by atoms with van der Waals surface area (Å²) in [4.78, 5) is 16.7. The van der Waals surface area contributed by atoms with E-state index in [4.69, 9.17) is 34.8 Å². The van der Waals surface area contributed by atoms with Crippen molar-refractivity contribution in [2.24, 2.45) is 0 Å². The highest BCUT2D eigenvalue weighted by atomic mass is 35.5. The van der Waals surface area contributed by atoms with E-state index in [1.165, 1.54) is 0 Å². The molecular weight excluding hydrogens is 393 g/mol. The molecule has 26 heavy (non-hydrogen) atoms. The molecule has 1 saturated heterocycles. The van der Waals surface area contributed by atoms with Crippen LogP contribution in [0.15, 0.2) is 42.5 Å². The Labute approximate surface area is 168 Å². The normalized spacial score (nSPS) is 15.1. The van der Waals surface area contributed by atoms with Gasteiger partial charge in [0.25, 0.3) is 0 Å². The zero-order chi connectivity index (χ0) is 18.5. The van der Waals surface area contributed by atoms with Crippen molar-refractivity contribution in [1.82, 2.24) is 4.90 Å². The van der Waals surface area contributed by atoms with Crippen molar-refractivity contribution in [2.45, 2.75) is 6.42 Å². The van der Waals surface area contributed by atoms with Crippen LogP contribution in [0.4, 0.5) is 11.4 Å². The molecule has 7 heteroatoms. The number of nitrogens with one attached hydrogen (secondary N) is 1. The summed E-state index contributed by atoms with van der Waals surface area (Å²) in [5, 5.41) is 4.62. The van der Waals surface area contributed by atoms with Gasteiger partial charge in [-0.1, -0.05) is 46.9 Å². The van der Waals surface area contributed by atoms with Crippen LogP contribution in [0, 0.1) is 0 Å². The lowest BCUT2D eigenvalue weighted by Gasteiger charge is -2.36. The number of piperazine rings is 1. The number of amides is 1. The third-order valence-electron chi connectivity index (χ3n) is 4.42. The number of carbonyl (C=O) groups is 1. The lowest BCUT2D eigenvalue weighted by Crippen LogP contribution is -2.47. The van der Waals surface area contributed by atoms with E-state index in [9.17, 15) is 4.79 Å². The third-order valence-corrected chi connectivity index (χ3v) is 5.31. The molecule has 1 amide bonds. The van der Waals surface area contributed by atoms with Gasteiger partial charge in [0.05, 0.1) is 21.4 Å². The minimum absolute atomic E-state index is 0.0669. The topological polar surface area (TPSA) is 35.6 Å². The van der Waals surface area contributed by atoms with Gasteiger partial charge in [-0.3, -0.25) is 9.69 Å². The van der Waals surface area contributed by atoms with E-state index >= 15 is 0 Å². The molecule has 1 heterocycles. The Morgan fingerprint density at radius 1 is 0.962 bits per heavy atom. The lowest BCUT2D eigenvalue weighted by atomic mass is 10.2. The molecule has 2 aromatic rings. The van der Waals surface area contributed by atoms with Crippen molar-refractivity contribution in [3.63, 3.8) is 0 Å². The molecule has 1 aliphatic rings. The third kappa shape index (κ3) is 5.04. The summed E-state index contributed by atoms with van der Waals surface area (Å²) in [6.07, 6.45) is 0.412. The number of para-hydroxylation sites is 1. The summed E-state index contributed by atoms with van der Waals surface area (Å²) in [5.74, 6) is -0.0669. The van der Waals surface area contributed by atoms with Gasteiger partial charge >= 0.3 is 0 Å². The number of nitrogens with zero attached hydrogens (tertiary/aromatic N) is 2. The zero-order valence-electron chi connectivity index (χ0n) is 14.2. The van der Waals surface area contributed by atoms with E-state index < -0.39 is 0 Å². The molecule has 0 spiro atoms. The van der Waals surface area contributed by atoms with Crippen LogP contribution in [0.5, 0.6) is 0 Å². The minimum atomic E-state index is -0.0669. The second kappa shape index (κ2) is 8.96. The standard InChI is InChI=1S/C19H20Cl3N3O/c20-14-5-6-15(21)17(13-14)23-19(26)7-8-24-9-11-25(12-10-24)18-4-2-1-3-16(18)22/h1-6,13H,7-12H2,(H,23,26). The van der Waals surface area contributed by atoms with Gasteiger partial charge in [-0.15, -0.1) is 0 Å². The minimum Gasteiger partial charge on any atom is -0.368 e. The molecule has 1 N–H and O–H groups in total. The fourth-order valence-electron chi connectivity index (χ4n) is 2.99. The molecule has 0 saturated carbocycles. The molecule has 3 rings (SSSR count). The van der Waals surface area contributed by atoms with E-state index in [0.29, 0.717) is 28.7 Å². The first-order chi connectivity index (χ1) is 12.5. The quantitative estimate of drug-likeness (QED) is 0.766. The van der Waals surface area contributed by atoms with Crippen molar-refractivity contribution in [3.8, 4) is 0 Å². The summed E-state index contributed by atoms with van der Waals surface area (Å²) >= 11 is 18.3. The molecule has 0 aliphatic carbocycles. The molecule has 4 nitrogen and oxygen atoms in total. The van der Waals surface area contributed by atoms with Crippen molar-refractivity contribution in [2.75, 3.05) is 42.9 Å². The Morgan fingerprint density at radius 2 is 1.69 bits per heavy atom. The van der Waals surface area contributed by atoms with Crippen LogP contribution in [0.2, 0.25) is 15.1 Å². The monoisotopic (exact) mass is 411 g/mol. The number of benzene rings is 2. The highest BCUT2D eigenvalue weighted by Gasteiger charge is 2.19. The Morgan fingerprint density at radius 3 is 2.42 bits per heavy atom. The van der Waals surface area contributed by atoms with Crippen molar-refractivity contribution >= 4 is 52.1 Å². The van der Waals surface area contributed by atoms with Gasteiger partial charge in [0.1, 0.15) is 0 Å². The maximum Gasteiger partial charge on any atom is 0.225 e. The maximum atomic E-state index is 12.2. The molecule has 0 bridgehead atoms. The Balaban J connectivity index is 1.46. The molecule has 2 aromatic carbocycles. The van der Waals surface area contributed by atoms with Crippen LogP contribution in [0.3, 0.4) is 0 Å². The van der Waals surface area contributed by atoms with Gasteiger partial charge in [-0.2, -0.15) is 0 Å². The lowest BCUT2D eigenvalue weighted by molar-refractivity contribution is -0.116.